The summed E-state index contributed by atoms with van der Waals surface area (Å²) in [4.78, 5) is 15.6. The molecule has 0 unspecified atom stereocenters. The van der Waals surface area contributed by atoms with Crippen LogP contribution in [0.2, 0.25) is 0 Å². The summed E-state index contributed by atoms with van der Waals surface area (Å²) >= 11 is 0. The molecule has 2 aliphatic heterocycles. The second-order valence-corrected chi connectivity index (χ2v) is 8.89. The third kappa shape index (κ3) is 6.26. The number of benzene rings is 2. The molecule has 2 aromatic rings. The molecule has 2 atom stereocenters. The van der Waals surface area contributed by atoms with Crippen molar-refractivity contribution in [1.29, 1.82) is 0 Å². The minimum Gasteiger partial charge on any atom is -0.489 e. The molecule has 2 fully saturated rings. The van der Waals surface area contributed by atoms with Gasteiger partial charge in [-0.15, -0.1) is 12.4 Å². The number of hydrogen-bond acceptors (Lipinski definition) is 4. The van der Waals surface area contributed by atoms with Gasteiger partial charge in [0.1, 0.15) is 23.2 Å². The Balaban J connectivity index is 0.00000342. The van der Waals surface area contributed by atoms with Crippen LogP contribution in [-0.4, -0.2) is 48.8 Å². The van der Waals surface area contributed by atoms with Gasteiger partial charge in [-0.05, 0) is 62.1 Å². The smallest absolute Gasteiger partial charge is 0.416 e. The van der Waals surface area contributed by atoms with E-state index in [1.54, 1.807) is 12.1 Å². The first-order chi connectivity index (χ1) is 16.2. The molecule has 2 aliphatic rings. The number of nitrogens with zero attached hydrogens (tertiary/aromatic N) is 1. The van der Waals surface area contributed by atoms with Gasteiger partial charge in [-0.25, -0.2) is 4.39 Å². The predicted molar refractivity (Wildman–Crippen MR) is 125 cm³/mol. The number of hydrogen-bond donors (Lipinski definition) is 1. The van der Waals surface area contributed by atoms with E-state index in [0.29, 0.717) is 45.6 Å². The van der Waals surface area contributed by atoms with Crippen molar-refractivity contribution in [2.75, 3.05) is 26.3 Å². The number of likely N-dealkylation sites (tertiary alicyclic amines) is 1. The van der Waals surface area contributed by atoms with Gasteiger partial charge in [-0.3, -0.25) is 9.69 Å². The fourth-order valence-corrected chi connectivity index (χ4v) is 4.71. The van der Waals surface area contributed by atoms with Crippen LogP contribution in [0.1, 0.15) is 43.4 Å². The van der Waals surface area contributed by atoms with Gasteiger partial charge in [0, 0.05) is 26.3 Å². The van der Waals surface area contributed by atoms with Gasteiger partial charge in [0.2, 0.25) is 5.91 Å². The Kier molecular flexibility index (Phi) is 8.67. The van der Waals surface area contributed by atoms with Gasteiger partial charge in [-0.1, -0.05) is 18.2 Å². The van der Waals surface area contributed by atoms with E-state index in [1.165, 1.54) is 24.3 Å². The lowest BCUT2D eigenvalue weighted by molar-refractivity contribution is -0.141. The molecule has 35 heavy (non-hydrogen) atoms. The van der Waals surface area contributed by atoms with Gasteiger partial charge in [0.05, 0.1) is 11.6 Å². The number of ether oxygens (including phenoxy) is 2. The quantitative estimate of drug-likeness (QED) is 0.540. The third-order valence-corrected chi connectivity index (χ3v) is 6.67. The molecular formula is C25H29ClF4N2O3. The standard InChI is InChI=1S/C25H28F4N2O3.ClH/c1-17(18-5-7-20(26)8-6-18)30-23(32)24(10-13-33-14-11-24)31-12-9-22(16-31)34-21-4-2-3-19(15-21)25(27,28)29;/h2-8,15,17,22H,9-14,16H2,1H3,(H,30,32);1H/t17-,22+;/m0./s1. The van der Waals surface area contributed by atoms with Gasteiger partial charge < -0.3 is 14.8 Å². The van der Waals surface area contributed by atoms with Crippen molar-refractivity contribution >= 4 is 18.3 Å². The summed E-state index contributed by atoms with van der Waals surface area (Å²) in [6, 6.07) is 10.6. The SMILES string of the molecule is C[C@H](NC(=O)C1(N2CC[C@@H](Oc3cccc(C(F)(F)F)c3)C2)CCOCC1)c1ccc(F)cc1.Cl. The average molecular weight is 517 g/mol. The van der Waals surface area contributed by atoms with E-state index in [2.05, 4.69) is 10.2 Å². The normalized spacial score (nSPS) is 21.1. The summed E-state index contributed by atoms with van der Waals surface area (Å²) in [7, 11) is 0. The number of rotatable bonds is 6. The molecule has 0 bridgehead atoms. The Labute approximate surface area is 208 Å². The lowest BCUT2D eigenvalue weighted by Gasteiger charge is -2.43. The van der Waals surface area contributed by atoms with Crippen LogP contribution >= 0.6 is 12.4 Å². The van der Waals surface area contributed by atoms with Gasteiger partial charge >= 0.3 is 6.18 Å². The lowest BCUT2D eigenvalue weighted by Crippen LogP contribution is -2.61. The first-order valence-corrected chi connectivity index (χ1v) is 11.4. The maximum Gasteiger partial charge on any atom is 0.416 e. The molecule has 4 rings (SSSR count). The number of alkyl halides is 3. The Morgan fingerprint density at radius 2 is 1.86 bits per heavy atom. The highest BCUT2D eigenvalue weighted by Gasteiger charge is 2.48. The lowest BCUT2D eigenvalue weighted by atomic mass is 9.86. The van der Waals surface area contributed by atoms with Crippen LogP contribution < -0.4 is 10.1 Å². The van der Waals surface area contributed by atoms with E-state index in [0.717, 1.165) is 17.7 Å². The van der Waals surface area contributed by atoms with Crippen molar-refractivity contribution < 1.29 is 31.8 Å². The first kappa shape index (κ1) is 27.2. The average Bonchev–Trinajstić information content (AvgIpc) is 3.28. The van der Waals surface area contributed by atoms with Crippen molar-refractivity contribution in [3.8, 4) is 5.75 Å². The second-order valence-electron chi connectivity index (χ2n) is 8.89. The van der Waals surface area contributed by atoms with Crippen LogP contribution in [0.15, 0.2) is 48.5 Å². The van der Waals surface area contributed by atoms with Crippen LogP contribution in [0.3, 0.4) is 0 Å². The highest BCUT2D eigenvalue weighted by atomic mass is 35.5. The van der Waals surface area contributed by atoms with Crippen molar-refractivity contribution in [2.45, 2.75) is 50.0 Å². The summed E-state index contributed by atoms with van der Waals surface area (Å²) in [6.07, 6.45) is -3.16. The zero-order valence-corrected chi connectivity index (χ0v) is 20.1. The van der Waals surface area contributed by atoms with E-state index in [9.17, 15) is 22.4 Å². The molecule has 5 nitrogen and oxygen atoms in total. The number of carbonyl (C=O) groups is 1. The monoisotopic (exact) mass is 516 g/mol. The van der Waals surface area contributed by atoms with Gasteiger partial charge in [0.15, 0.2) is 0 Å². The Morgan fingerprint density at radius 1 is 1.17 bits per heavy atom. The maximum absolute atomic E-state index is 13.5. The molecule has 2 heterocycles. The molecule has 192 valence electrons. The van der Waals surface area contributed by atoms with Crippen LogP contribution in [-0.2, 0) is 15.7 Å². The molecule has 0 aliphatic carbocycles. The minimum absolute atomic E-state index is 0. The number of halogens is 5. The summed E-state index contributed by atoms with van der Waals surface area (Å²) in [6.45, 7) is 3.74. The fourth-order valence-electron chi connectivity index (χ4n) is 4.71. The molecule has 2 aromatic carbocycles. The van der Waals surface area contributed by atoms with Crippen LogP contribution in [0, 0.1) is 5.82 Å². The number of nitrogens with one attached hydrogen (secondary N) is 1. The highest BCUT2D eigenvalue weighted by Crippen LogP contribution is 2.35. The van der Waals surface area contributed by atoms with Gasteiger partial charge in [-0.2, -0.15) is 13.2 Å². The third-order valence-electron chi connectivity index (χ3n) is 6.67. The summed E-state index contributed by atoms with van der Waals surface area (Å²) in [5, 5.41) is 3.07. The van der Waals surface area contributed by atoms with Crippen LogP contribution in [0.4, 0.5) is 17.6 Å². The zero-order chi connectivity index (χ0) is 24.3. The largest absolute Gasteiger partial charge is 0.489 e. The van der Waals surface area contributed by atoms with Crippen molar-refractivity contribution in [1.82, 2.24) is 10.2 Å². The predicted octanol–water partition coefficient (Wildman–Crippen LogP) is 5.15. The van der Waals surface area contributed by atoms with Crippen molar-refractivity contribution in [2.24, 2.45) is 0 Å². The van der Waals surface area contributed by atoms with E-state index >= 15 is 0 Å². The molecule has 1 N–H and O–H groups in total. The Morgan fingerprint density at radius 3 is 2.51 bits per heavy atom. The topological polar surface area (TPSA) is 50.8 Å². The van der Waals surface area contributed by atoms with Crippen molar-refractivity contribution in [3.63, 3.8) is 0 Å². The number of carbonyl (C=O) groups excluding carboxylic acids is 1. The van der Waals surface area contributed by atoms with E-state index in [1.807, 2.05) is 6.92 Å². The first-order valence-electron chi connectivity index (χ1n) is 11.4. The van der Waals surface area contributed by atoms with E-state index in [4.69, 9.17) is 9.47 Å². The van der Waals surface area contributed by atoms with Crippen LogP contribution in [0.25, 0.3) is 0 Å². The maximum atomic E-state index is 13.5. The molecule has 0 spiro atoms. The molecular weight excluding hydrogens is 488 g/mol. The van der Waals surface area contributed by atoms with Crippen molar-refractivity contribution in [3.05, 3.63) is 65.5 Å². The molecule has 0 radical (unpaired) electrons. The number of amides is 1. The summed E-state index contributed by atoms with van der Waals surface area (Å²) in [5.41, 5.74) is -0.752. The van der Waals surface area contributed by atoms with Crippen LogP contribution in [0.5, 0.6) is 5.75 Å². The highest BCUT2D eigenvalue weighted by molar-refractivity contribution is 5.87. The Bertz CT molecular complexity index is 997. The Hall–Kier alpha value is -2.36. The van der Waals surface area contributed by atoms with E-state index in [-0.39, 0.29) is 42.0 Å². The molecule has 10 heteroatoms. The second kappa shape index (κ2) is 11.1. The van der Waals surface area contributed by atoms with E-state index < -0.39 is 17.3 Å². The summed E-state index contributed by atoms with van der Waals surface area (Å²) < 4.78 is 63.8. The molecule has 1 amide bonds. The molecule has 0 saturated carbocycles. The minimum atomic E-state index is -4.44. The molecule has 2 saturated heterocycles. The zero-order valence-electron chi connectivity index (χ0n) is 19.3. The van der Waals surface area contributed by atoms with Gasteiger partial charge in [0.25, 0.3) is 0 Å². The fraction of sp³-hybridized carbons (Fsp3) is 0.480. The summed E-state index contributed by atoms with van der Waals surface area (Å²) in [5.74, 6) is -0.309. The molecule has 0 aromatic heterocycles.